The van der Waals surface area contributed by atoms with Crippen LogP contribution in [0.2, 0.25) is 0 Å². The average Bonchev–Trinajstić information content (AvgIpc) is 2.66. The van der Waals surface area contributed by atoms with Gasteiger partial charge < -0.3 is 4.74 Å². The Morgan fingerprint density at radius 1 is 1.33 bits per heavy atom. The fourth-order valence-electron chi connectivity index (χ4n) is 2.17. The molecule has 0 aromatic heterocycles. The predicted octanol–water partition coefficient (Wildman–Crippen LogP) is 2.45. The number of Topliss-reactive ketones (excluding diaryl/α,β-unsaturated/α-hetero) is 1. The highest BCUT2D eigenvalue weighted by atomic mass is 16.5. The molecule has 1 aliphatic carbocycles. The standard InChI is InChI=1S/C13H16O2/c1-9-6-7-13(15-8-10(2)14)12-5-3-4-11(9)12/h6-7H,3-5,8H2,1-2H3. The third kappa shape index (κ3) is 2.04. The molecule has 0 spiro atoms. The summed E-state index contributed by atoms with van der Waals surface area (Å²) in [4.78, 5) is 10.9. The zero-order valence-electron chi connectivity index (χ0n) is 9.30. The van der Waals surface area contributed by atoms with Crippen LogP contribution in [0.4, 0.5) is 0 Å². The highest BCUT2D eigenvalue weighted by molar-refractivity contribution is 5.77. The van der Waals surface area contributed by atoms with Crippen molar-refractivity contribution in [2.45, 2.75) is 33.1 Å². The van der Waals surface area contributed by atoms with Gasteiger partial charge in [0, 0.05) is 0 Å². The van der Waals surface area contributed by atoms with E-state index in [0.717, 1.165) is 18.6 Å². The summed E-state index contributed by atoms with van der Waals surface area (Å²) in [5.41, 5.74) is 4.09. The first-order valence-electron chi connectivity index (χ1n) is 5.42. The molecule has 2 heteroatoms. The first-order chi connectivity index (χ1) is 7.18. The van der Waals surface area contributed by atoms with Crippen molar-refractivity contribution < 1.29 is 9.53 Å². The van der Waals surface area contributed by atoms with Crippen molar-refractivity contribution >= 4 is 5.78 Å². The topological polar surface area (TPSA) is 26.3 Å². The molecule has 0 saturated heterocycles. The van der Waals surface area contributed by atoms with Crippen molar-refractivity contribution in [3.05, 3.63) is 28.8 Å². The van der Waals surface area contributed by atoms with Gasteiger partial charge in [-0.15, -0.1) is 0 Å². The Morgan fingerprint density at radius 2 is 2.07 bits per heavy atom. The molecular formula is C13H16O2. The highest BCUT2D eigenvalue weighted by Crippen LogP contribution is 2.32. The Hall–Kier alpha value is -1.31. The van der Waals surface area contributed by atoms with E-state index in [2.05, 4.69) is 13.0 Å². The van der Waals surface area contributed by atoms with Crippen molar-refractivity contribution in [1.29, 1.82) is 0 Å². The molecule has 15 heavy (non-hydrogen) atoms. The molecule has 2 rings (SSSR count). The number of ketones is 1. The molecule has 0 heterocycles. The van der Waals surface area contributed by atoms with E-state index in [-0.39, 0.29) is 12.4 Å². The van der Waals surface area contributed by atoms with Crippen LogP contribution >= 0.6 is 0 Å². The minimum atomic E-state index is 0.0716. The number of hydrogen-bond donors (Lipinski definition) is 0. The second kappa shape index (κ2) is 4.05. The first-order valence-corrected chi connectivity index (χ1v) is 5.42. The van der Waals surface area contributed by atoms with E-state index in [0.29, 0.717) is 0 Å². The molecule has 0 bridgehead atoms. The molecule has 0 unspecified atom stereocenters. The molecule has 0 N–H and O–H groups in total. The van der Waals surface area contributed by atoms with Crippen LogP contribution in [-0.2, 0) is 17.6 Å². The van der Waals surface area contributed by atoms with Crippen molar-refractivity contribution in [3.8, 4) is 5.75 Å². The number of carbonyl (C=O) groups excluding carboxylic acids is 1. The minimum Gasteiger partial charge on any atom is -0.486 e. The van der Waals surface area contributed by atoms with Crippen LogP contribution in [0.3, 0.4) is 0 Å². The van der Waals surface area contributed by atoms with Crippen LogP contribution in [0.1, 0.15) is 30.0 Å². The third-order valence-electron chi connectivity index (χ3n) is 2.91. The molecule has 0 saturated carbocycles. The molecule has 1 aromatic carbocycles. The predicted molar refractivity (Wildman–Crippen MR) is 59.4 cm³/mol. The van der Waals surface area contributed by atoms with E-state index in [1.165, 1.54) is 23.1 Å². The van der Waals surface area contributed by atoms with Gasteiger partial charge in [-0.3, -0.25) is 4.79 Å². The number of benzene rings is 1. The molecule has 0 aliphatic heterocycles. The largest absolute Gasteiger partial charge is 0.486 e. The molecule has 1 aromatic rings. The van der Waals surface area contributed by atoms with Gasteiger partial charge in [-0.1, -0.05) is 6.07 Å². The Labute approximate surface area is 90.3 Å². The molecule has 0 amide bonds. The van der Waals surface area contributed by atoms with Crippen molar-refractivity contribution in [1.82, 2.24) is 0 Å². The van der Waals surface area contributed by atoms with E-state index in [1.807, 2.05) is 6.07 Å². The second-order valence-electron chi connectivity index (χ2n) is 4.18. The second-order valence-corrected chi connectivity index (χ2v) is 4.18. The molecule has 0 radical (unpaired) electrons. The summed E-state index contributed by atoms with van der Waals surface area (Å²) in [6.45, 7) is 3.88. The van der Waals surface area contributed by atoms with Crippen LogP contribution in [0.25, 0.3) is 0 Å². The summed E-state index contributed by atoms with van der Waals surface area (Å²) in [5.74, 6) is 0.977. The maximum Gasteiger partial charge on any atom is 0.167 e. The lowest BCUT2D eigenvalue weighted by molar-refractivity contribution is -0.118. The summed E-state index contributed by atoms with van der Waals surface area (Å²) in [6.07, 6.45) is 3.44. The van der Waals surface area contributed by atoms with Gasteiger partial charge in [0.1, 0.15) is 12.4 Å². The summed E-state index contributed by atoms with van der Waals surface area (Å²) in [7, 11) is 0. The molecular weight excluding hydrogens is 188 g/mol. The monoisotopic (exact) mass is 204 g/mol. The summed E-state index contributed by atoms with van der Waals surface area (Å²) < 4.78 is 5.52. The lowest BCUT2D eigenvalue weighted by Gasteiger charge is -2.11. The van der Waals surface area contributed by atoms with Gasteiger partial charge in [-0.05, 0) is 55.9 Å². The quantitative estimate of drug-likeness (QED) is 0.756. The number of hydrogen-bond acceptors (Lipinski definition) is 2. The van der Waals surface area contributed by atoms with E-state index in [1.54, 1.807) is 6.92 Å². The van der Waals surface area contributed by atoms with Gasteiger partial charge in [0.15, 0.2) is 5.78 Å². The maximum absolute atomic E-state index is 10.9. The Morgan fingerprint density at radius 3 is 2.80 bits per heavy atom. The normalized spacial score (nSPS) is 13.7. The SMILES string of the molecule is CC(=O)COc1ccc(C)c2c1CCC2. The Bertz CT molecular complexity index is 394. The molecule has 0 fully saturated rings. The van der Waals surface area contributed by atoms with Gasteiger partial charge in [-0.25, -0.2) is 0 Å². The van der Waals surface area contributed by atoms with Crippen LogP contribution in [-0.4, -0.2) is 12.4 Å². The molecule has 0 atom stereocenters. The summed E-state index contributed by atoms with van der Waals surface area (Å²) >= 11 is 0. The van der Waals surface area contributed by atoms with Crippen LogP contribution < -0.4 is 4.74 Å². The van der Waals surface area contributed by atoms with E-state index < -0.39 is 0 Å². The zero-order chi connectivity index (χ0) is 10.8. The van der Waals surface area contributed by atoms with Gasteiger partial charge >= 0.3 is 0 Å². The fraction of sp³-hybridized carbons (Fsp3) is 0.462. The fourth-order valence-corrected chi connectivity index (χ4v) is 2.17. The Balaban J connectivity index is 2.25. The number of ether oxygens (including phenoxy) is 1. The number of fused-ring (bicyclic) bond motifs is 1. The van der Waals surface area contributed by atoms with Gasteiger partial charge in [0.25, 0.3) is 0 Å². The smallest absolute Gasteiger partial charge is 0.167 e. The van der Waals surface area contributed by atoms with Gasteiger partial charge in [-0.2, -0.15) is 0 Å². The number of aryl methyl sites for hydroxylation is 1. The number of rotatable bonds is 3. The summed E-state index contributed by atoms with van der Waals surface area (Å²) in [5, 5.41) is 0. The summed E-state index contributed by atoms with van der Waals surface area (Å²) in [6, 6.07) is 4.07. The average molecular weight is 204 g/mol. The molecule has 2 nitrogen and oxygen atoms in total. The maximum atomic E-state index is 10.9. The van der Waals surface area contributed by atoms with Crippen molar-refractivity contribution in [2.75, 3.05) is 6.61 Å². The lowest BCUT2D eigenvalue weighted by Crippen LogP contribution is -2.08. The van der Waals surface area contributed by atoms with Crippen molar-refractivity contribution in [2.24, 2.45) is 0 Å². The van der Waals surface area contributed by atoms with Crippen LogP contribution in [0.5, 0.6) is 5.75 Å². The van der Waals surface area contributed by atoms with E-state index in [4.69, 9.17) is 4.74 Å². The van der Waals surface area contributed by atoms with Gasteiger partial charge in [0.05, 0.1) is 0 Å². The van der Waals surface area contributed by atoms with E-state index in [9.17, 15) is 4.79 Å². The van der Waals surface area contributed by atoms with Gasteiger partial charge in [0.2, 0.25) is 0 Å². The minimum absolute atomic E-state index is 0.0716. The third-order valence-corrected chi connectivity index (χ3v) is 2.91. The number of carbonyl (C=O) groups is 1. The van der Waals surface area contributed by atoms with Crippen molar-refractivity contribution in [3.63, 3.8) is 0 Å². The lowest BCUT2D eigenvalue weighted by atomic mass is 10.0. The van der Waals surface area contributed by atoms with Crippen LogP contribution in [0.15, 0.2) is 12.1 Å². The zero-order valence-corrected chi connectivity index (χ0v) is 9.30. The van der Waals surface area contributed by atoms with Crippen LogP contribution in [0, 0.1) is 6.92 Å². The Kier molecular flexibility index (Phi) is 2.76. The first kappa shape index (κ1) is 10.2. The molecule has 80 valence electrons. The highest BCUT2D eigenvalue weighted by Gasteiger charge is 2.17. The molecule has 1 aliphatic rings. The van der Waals surface area contributed by atoms with E-state index >= 15 is 0 Å².